The van der Waals surface area contributed by atoms with Crippen LogP contribution < -0.4 is 5.32 Å². The molecule has 2 aliphatic rings. The Hall–Kier alpha value is 0.310. The molecule has 2 saturated carbocycles. The van der Waals surface area contributed by atoms with Crippen LogP contribution in [0.3, 0.4) is 0 Å². The van der Waals surface area contributed by atoms with Gasteiger partial charge >= 0.3 is 0 Å². The van der Waals surface area contributed by atoms with Crippen molar-refractivity contribution >= 4 is 11.8 Å². The molecule has 20 heavy (non-hydrogen) atoms. The van der Waals surface area contributed by atoms with E-state index in [0.717, 1.165) is 29.0 Å². The molecule has 0 amide bonds. The highest BCUT2D eigenvalue weighted by atomic mass is 32.2. The summed E-state index contributed by atoms with van der Waals surface area (Å²) in [5.41, 5.74) is 0. The lowest BCUT2D eigenvalue weighted by Crippen LogP contribution is -2.44. The molecule has 0 aromatic heterocycles. The minimum atomic E-state index is 0.788. The molecule has 0 radical (unpaired) electrons. The Kier molecular flexibility index (Phi) is 7.24. The number of rotatable bonds is 7. The fourth-order valence-electron chi connectivity index (χ4n) is 3.95. The van der Waals surface area contributed by atoms with Crippen LogP contribution in [0.25, 0.3) is 0 Å². The van der Waals surface area contributed by atoms with E-state index in [1.807, 2.05) is 0 Å². The summed E-state index contributed by atoms with van der Waals surface area (Å²) in [6.45, 7) is 8.33. The lowest BCUT2D eigenvalue weighted by atomic mass is 9.79. The zero-order valence-electron chi connectivity index (χ0n) is 13.9. The van der Waals surface area contributed by atoms with Crippen LogP contribution in [0.5, 0.6) is 0 Å². The molecule has 1 N–H and O–H groups in total. The second kappa shape index (κ2) is 8.68. The van der Waals surface area contributed by atoms with Crippen molar-refractivity contribution in [2.24, 2.45) is 17.8 Å². The summed E-state index contributed by atoms with van der Waals surface area (Å²) in [7, 11) is 0. The summed E-state index contributed by atoms with van der Waals surface area (Å²) < 4.78 is 0. The van der Waals surface area contributed by atoms with E-state index in [9.17, 15) is 0 Å². The predicted molar refractivity (Wildman–Crippen MR) is 92.5 cm³/mol. The van der Waals surface area contributed by atoms with Gasteiger partial charge < -0.3 is 5.32 Å². The van der Waals surface area contributed by atoms with Gasteiger partial charge in [-0.3, -0.25) is 0 Å². The van der Waals surface area contributed by atoms with Gasteiger partial charge in [0.1, 0.15) is 0 Å². The largest absolute Gasteiger partial charge is 0.313 e. The van der Waals surface area contributed by atoms with Crippen LogP contribution in [0.15, 0.2) is 0 Å². The summed E-state index contributed by atoms with van der Waals surface area (Å²) in [4.78, 5) is 0. The SMILES string of the molecule is CCCNC1CCC(C(C)C)CC1SCC1CCCC1. The molecular weight excluding hydrogens is 262 g/mol. The molecule has 0 heterocycles. The Morgan fingerprint density at radius 1 is 1.10 bits per heavy atom. The normalized spacial score (nSPS) is 32.1. The van der Waals surface area contributed by atoms with Gasteiger partial charge in [0.15, 0.2) is 0 Å². The lowest BCUT2D eigenvalue weighted by molar-refractivity contribution is 0.246. The lowest BCUT2D eigenvalue weighted by Gasteiger charge is -2.38. The fourth-order valence-corrected chi connectivity index (χ4v) is 5.65. The molecule has 0 aliphatic heterocycles. The van der Waals surface area contributed by atoms with Crippen LogP contribution in [0.2, 0.25) is 0 Å². The fraction of sp³-hybridized carbons (Fsp3) is 1.00. The van der Waals surface area contributed by atoms with Crippen LogP contribution >= 0.6 is 11.8 Å². The number of nitrogens with one attached hydrogen (secondary N) is 1. The van der Waals surface area contributed by atoms with E-state index in [-0.39, 0.29) is 0 Å². The third-order valence-corrected chi connectivity index (χ3v) is 7.07. The van der Waals surface area contributed by atoms with Crippen molar-refractivity contribution in [1.82, 2.24) is 5.32 Å². The van der Waals surface area contributed by atoms with E-state index in [0.29, 0.717) is 0 Å². The third kappa shape index (κ3) is 4.94. The molecule has 0 bridgehead atoms. The number of hydrogen-bond acceptors (Lipinski definition) is 2. The second-order valence-corrected chi connectivity index (χ2v) is 8.67. The molecule has 1 nitrogen and oxygen atoms in total. The molecule has 3 unspecified atom stereocenters. The average Bonchev–Trinajstić information content (AvgIpc) is 2.96. The summed E-state index contributed by atoms with van der Waals surface area (Å²) >= 11 is 2.31. The standard InChI is InChI=1S/C18H35NS/c1-4-11-19-17-10-9-16(14(2)3)12-18(17)20-13-15-7-5-6-8-15/h14-19H,4-13H2,1-3H3. The highest BCUT2D eigenvalue weighted by molar-refractivity contribution is 7.99. The Balaban J connectivity index is 1.83. The zero-order valence-corrected chi connectivity index (χ0v) is 14.7. The van der Waals surface area contributed by atoms with Gasteiger partial charge in [-0.15, -0.1) is 0 Å². The second-order valence-electron chi connectivity index (χ2n) is 7.40. The number of thioether (sulfide) groups is 1. The van der Waals surface area contributed by atoms with E-state index >= 15 is 0 Å². The molecule has 0 aromatic rings. The van der Waals surface area contributed by atoms with Gasteiger partial charge in [0.05, 0.1) is 0 Å². The summed E-state index contributed by atoms with van der Waals surface area (Å²) in [6.07, 6.45) is 11.6. The Labute approximate surface area is 131 Å². The van der Waals surface area contributed by atoms with Crippen molar-refractivity contribution in [1.29, 1.82) is 0 Å². The van der Waals surface area contributed by atoms with Crippen LogP contribution in [-0.2, 0) is 0 Å². The van der Waals surface area contributed by atoms with Gasteiger partial charge in [-0.2, -0.15) is 11.8 Å². The quantitative estimate of drug-likeness (QED) is 0.701. The maximum Gasteiger partial charge on any atom is 0.0204 e. The van der Waals surface area contributed by atoms with Crippen LogP contribution in [-0.4, -0.2) is 23.6 Å². The zero-order chi connectivity index (χ0) is 14.4. The van der Waals surface area contributed by atoms with Crippen LogP contribution in [0.1, 0.15) is 72.1 Å². The first-order valence-electron chi connectivity index (χ1n) is 9.05. The molecule has 3 atom stereocenters. The maximum atomic E-state index is 3.84. The van der Waals surface area contributed by atoms with Crippen molar-refractivity contribution in [3.05, 3.63) is 0 Å². The minimum Gasteiger partial charge on any atom is -0.313 e. The molecule has 118 valence electrons. The van der Waals surface area contributed by atoms with Gasteiger partial charge in [-0.25, -0.2) is 0 Å². The van der Waals surface area contributed by atoms with E-state index in [4.69, 9.17) is 0 Å². The first-order chi connectivity index (χ1) is 9.70. The molecular formula is C18H35NS. The predicted octanol–water partition coefficient (Wildman–Crippen LogP) is 5.10. The van der Waals surface area contributed by atoms with E-state index in [1.165, 1.54) is 63.7 Å². The van der Waals surface area contributed by atoms with Gasteiger partial charge in [-0.05, 0) is 68.6 Å². The van der Waals surface area contributed by atoms with E-state index in [2.05, 4.69) is 37.8 Å². The molecule has 2 rings (SSSR count). The highest BCUT2D eigenvalue weighted by Crippen LogP contribution is 2.38. The van der Waals surface area contributed by atoms with Crippen LogP contribution in [0.4, 0.5) is 0 Å². The Morgan fingerprint density at radius 3 is 2.50 bits per heavy atom. The van der Waals surface area contributed by atoms with Crippen LogP contribution in [0, 0.1) is 17.8 Å². The summed E-state index contributed by atoms with van der Waals surface area (Å²) in [5, 5.41) is 4.71. The monoisotopic (exact) mass is 297 g/mol. The van der Waals surface area contributed by atoms with Crippen molar-refractivity contribution in [3.63, 3.8) is 0 Å². The van der Waals surface area contributed by atoms with Crippen molar-refractivity contribution in [3.8, 4) is 0 Å². The summed E-state index contributed by atoms with van der Waals surface area (Å²) in [6, 6.07) is 0.788. The average molecular weight is 298 g/mol. The van der Waals surface area contributed by atoms with E-state index in [1.54, 1.807) is 0 Å². The minimum absolute atomic E-state index is 0.788. The first kappa shape index (κ1) is 16.7. The molecule has 2 fully saturated rings. The van der Waals surface area contributed by atoms with Gasteiger partial charge in [0, 0.05) is 11.3 Å². The molecule has 2 heteroatoms. The molecule has 0 saturated heterocycles. The van der Waals surface area contributed by atoms with E-state index < -0.39 is 0 Å². The van der Waals surface area contributed by atoms with Gasteiger partial charge in [0.25, 0.3) is 0 Å². The molecule has 0 aromatic carbocycles. The van der Waals surface area contributed by atoms with Crippen molar-refractivity contribution in [2.45, 2.75) is 83.4 Å². The maximum absolute atomic E-state index is 3.84. The van der Waals surface area contributed by atoms with Crippen molar-refractivity contribution in [2.75, 3.05) is 12.3 Å². The van der Waals surface area contributed by atoms with Gasteiger partial charge in [0.2, 0.25) is 0 Å². The Bertz CT molecular complexity index is 260. The third-order valence-electron chi connectivity index (χ3n) is 5.45. The number of hydrogen-bond donors (Lipinski definition) is 1. The molecule has 2 aliphatic carbocycles. The smallest absolute Gasteiger partial charge is 0.0204 e. The summed E-state index contributed by atoms with van der Waals surface area (Å²) in [5.74, 6) is 4.30. The van der Waals surface area contributed by atoms with Crippen molar-refractivity contribution < 1.29 is 0 Å². The van der Waals surface area contributed by atoms with Gasteiger partial charge in [-0.1, -0.05) is 33.6 Å². The Morgan fingerprint density at radius 2 is 1.85 bits per heavy atom. The topological polar surface area (TPSA) is 12.0 Å². The first-order valence-corrected chi connectivity index (χ1v) is 10.1. The molecule has 0 spiro atoms. The highest BCUT2D eigenvalue weighted by Gasteiger charge is 2.32.